The third-order valence-electron chi connectivity index (χ3n) is 14.0. The van der Waals surface area contributed by atoms with Crippen LogP contribution in [0.2, 0.25) is 0 Å². The van der Waals surface area contributed by atoms with Gasteiger partial charge >= 0.3 is 12.4 Å². The van der Waals surface area contributed by atoms with Gasteiger partial charge in [-0.05, 0) is 112 Å². The molecule has 0 unspecified atom stereocenters. The molecule has 0 radical (unpaired) electrons. The molecular weight excluding hydrogens is 1050 g/mol. The zero-order valence-electron chi connectivity index (χ0n) is 42.4. The number of imidazole rings is 2. The zero-order valence-corrected chi connectivity index (χ0v) is 42.4. The number of halogens is 10. The third-order valence-corrected chi connectivity index (χ3v) is 14.0. The Hall–Kier alpha value is -8.30. The van der Waals surface area contributed by atoms with Crippen LogP contribution in [0.1, 0.15) is 106 Å². The van der Waals surface area contributed by atoms with Crippen LogP contribution in [0, 0.1) is 37.1 Å². The van der Waals surface area contributed by atoms with Crippen molar-refractivity contribution in [3.05, 3.63) is 172 Å². The molecule has 0 bridgehead atoms. The fraction of sp³-hybridized carbons (Fsp3) is 0.298. The number of aryl methyl sites for hydroxylation is 2. The van der Waals surface area contributed by atoms with Crippen LogP contribution in [-0.4, -0.2) is 78.5 Å². The summed E-state index contributed by atoms with van der Waals surface area (Å²) in [6, 6.07) is 21.6. The first-order valence-electron chi connectivity index (χ1n) is 25.4. The minimum absolute atomic E-state index is 0.0377. The van der Waals surface area contributed by atoms with Crippen molar-refractivity contribution >= 4 is 40.1 Å². The van der Waals surface area contributed by atoms with Gasteiger partial charge in [-0.1, -0.05) is 43.0 Å². The van der Waals surface area contributed by atoms with Crippen molar-refractivity contribution in [1.82, 2.24) is 39.8 Å². The Bertz CT molecular complexity index is 3690. The standard InChI is InChI=1S/C29H26F5N5O.C28H24F5N5O/c1-16-13-17(5-8-19(16)27(40)37-18-6-7-18)23-15-36-26-22(35-12-11-29(32,33)34)14-24(38-39(23)26)28(9-10-28)20-3-2-4-21(30)25(20)31;1-15-12-17(6-9-19(15)27(39)36-18-7-8-18)24-14-35-26-23(34-11-10-28(31,32)33)13-22(37-38(24)26)16(2)20-4-3-5-21(29)25(20)30/h2-5,8,13-15,18,35H,6-7,9-12H2,1H3,(H,37,40);3-6,9,12-14,18,34H,2,7-8,10-11H2,1H3,(H,36,39). The van der Waals surface area contributed by atoms with Crippen molar-refractivity contribution in [3.8, 4) is 22.5 Å². The second kappa shape index (κ2) is 21.2. The van der Waals surface area contributed by atoms with Crippen LogP contribution in [0.4, 0.5) is 55.3 Å². The number of nitrogens with one attached hydrogen (secondary N) is 4. The molecule has 22 heteroatoms. The van der Waals surface area contributed by atoms with Gasteiger partial charge < -0.3 is 21.3 Å². The minimum atomic E-state index is -4.38. The number of rotatable bonds is 16. The molecular formula is C57H50F10N10O2. The van der Waals surface area contributed by atoms with E-state index in [1.54, 1.807) is 49.5 Å². The van der Waals surface area contributed by atoms with Crippen molar-refractivity contribution in [1.29, 1.82) is 0 Å². The highest BCUT2D eigenvalue weighted by Gasteiger charge is 2.50. The summed E-state index contributed by atoms with van der Waals surface area (Å²) in [7, 11) is 0. The van der Waals surface area contributed by atoms with Gasteiger partial charge in [0.05, 0.1) is 59.4 Å². The second-order valence-corrected chi connectivity index (χ2v) is 20.0. The number of aromatic nitrogens is 6. The molecule has 3 aliphatic carbocycles. The molecule has 3 fully saturated rings. The van der Waals surface area contributed by atoms with Gasteiger partial charge in [0.2, 0.25) is 0 Å². The van der Waals surface area contributed by atoms with E-state index in [4.69, 9.17) is 5.10 Å². The summed E-state index contributed by atoms with van der Waals surface area (Å²) in [6.45, 7) is 6.66. The van der Waals surface area contributed by atoms with E-state index >= 15 is 0 Å². The van der Waals surface area contributed by atoms with Gasteiger partial charge in [-0.15, -0.1) is 0 Å². The molecule has 8 aromatic rings. The largest absolute Gasteiger partial charge is 0.390 e. The topological polar surface area (TPSA) is 143 Å². The van der Waals surface area contributed by atoms with Gasteiger partial charge in [-0.3, -0.25) is 9.59 Å². The van der Waals surface area contributed by atoms with Crippen molar-refractivity contribution in [3.63, 3.8) is 0 Å². The highest BCUT2D eigenvalue weighted by molar-refractivity contribution is 5.97. The van der Waals surface area contributed by atoms with E-state index in [2.05, 4.69) is 42.9 Å². The number of amides is 2. The van der Waals surface area contributed by atoms with Crippen LogP contribution in [0.25, 0.3) is 39.4 Å². The fourth-order valence-corrected chi connectivity index (χ4v) is 9.32. The molecule has 11 rings (SSSR count). The van der Waals surface area contributed by atoms with Crippen LogP contribution in [-0.2, 0) is 5.41 Å². The van der Waals surface area contributed by atoms with E-state index < -0.39 is 67.0 Å². The summed E-state index contributed by atoms with van der Waals surface area (Å²) in [5.74, 6) is -4.42. The first-order chi connectivity index (χ1) is 37.6. The molecule has 79 heavy (non-hydrogen) atoms. The maximum Gasteiger partial charge on any atom is 0.390 e. The summed E-state index contributed by atoms with van der Waals surface area (Å²) < 4.78 is 138. The lowest BCUT2D eigenvalue weighted by Crippen LogP contribution is -2.26. The summed E-state index contributed by atoms with van der Waals surface area (Å²) in [5.41, 5.74) is 5.60. The Morgan fingerprint density at radius 3 is 1.58 bits per heavy atom. The van der Waals surface area contributed by atoms with E-state index in [9.17, 15) is 53.5 Å². The monoisotopic (exact) mass is 1100 g/mol. The van der Waals surface area contributed by atoms with E-state index in [-0.39, 0.29) is 57.6 Å². The average Bonchev–Trinajstić information content (AvgIpc) is 4.07. The summed E-state index contributed by atoms with van der Waals surface area (Å²) in [4.78, 5) is 34.0. The third kappa shape index (κ3) is 11.8. The molecule has 0 spiro atoms. The lowest BCUT2D eigenvalue weighted by atomic mass is 9.91. The lowest BCUT2D eigenvalue weighted by molar-refractivity contribution is -0.132. The molecule has 2 amide bonds. The molecule has 4 aromatic carbocycles. The molecule has 12 nitrogen and oxygen atoms in total. The number of alkyl halides is 6. The van der Waals surface area contributed by atoms with Gasteiger partial charge in [0, 0.05) is 69.5 Å². The van der Waals surface area contributed by atoms with Gasteiger partial charge in [0.1, 0.15) is 0 Å². The Morgan fingerprint density at radius 2 is 1.10 bits per heavy atom. The van der Waals surface area contributed by atoms with Crippen molar-refractivity contribution < 1.29 is 53.5 Å². The first kappa shape index (κ1) is 54.1. The van der Waals surface area contributed by atoms with Gasteiger partial charge in [-0.2, -0.15) is 36.5 Å². The van der Waals surface area contributed by atoms with Gasteiger partial charge in [0.25, 0.3) is 11.8 Å². The number of carbonyl (C=O) groups excluding carboxylic acids is 2. The quantitative estimate of drug-likeness (QED) is 0.0701. The molecule has 3 saturated carbocycles. The predicted octanol–water partition coefficient (Wildman–Crippen LogP) is 12.6. The van der Waals surface area contributed by atoms with Crippen LogP contribution < -0.4 is 21.3 Å². The molecule has 4 N–H and O–H groups in total. The number of carbonyl (C=O) groups is 2. The Morgan fingerprint density at radius 1 is 0.620 bits per heavy atom. The number of nitrogens with zero attached hydrogens (tertiary/aromatic N) is 6. The number of benzene rings is 4. The Balaban J connectivity index is 0.000000178. The van der Waals surface area contributed by atoms with Crippen LogP contribution in [0.3, 0.4) is 0 Å². The van der Waals surface area contributed by atoms with Crippen LogP contribution in [0.15, 0.2) is 104 Å². The Labute approximate surface area is 445 Å². The molecule has 0 atom stereocenters. The van der Waals surface area contributed by atoms with E-state index in [1.807, 2.05) is 13.0 Å². The molecule has 4 heterocycles. The molecule has 4 aromatic heterocycles. The smallest absolute Gasteiger partial charge is 0.382 e. The fourth-order valence-electron chi connectivity index (χ4n) is 9.32. The van der Waals surface area contributed by atoms with Crippen LogP contribution in [0.5, 0.6) is 0 Å². The zero-order chi connectivity index (χ0) is 56.1. The van der Waals surface area contributed by atoms with Crippen molar-refractivity contribution in [2.45, 2.75) is 95.1 Å². The van der Waals surface area contributed by atoms with Gasteiger partial charge in [0.15, 0.2) is 34.6 Å². The van der Waals surface area contributed by atoms with Crippen molar-refractivity contribution in [2.24, 2.45) is 0 Å². The summed E-state index contributed by atoms with van der Waals surface area (Å²) in [6.07, 6.45) is -2.95. The number of hydrogen-bond donors (Lipinski definition) is 4. The lowest BCUT2D eigenvalue weighted by Gasteiger charge is -2.19. The normalized spacial score (nSPS) is 14.9. The predicted molar refractivity (Wildman–Crippen MR) is 276 cm³/mol. The van der Waals surface area contributed by atoms with E-state index in [1.165, 1.54) is 45.6 Å². The maximum atomic E-state index is 14.9. The van der Waals surface area contributed by atoms with Crippen molar-refractivity contribution in [2.75, 3.05) is 23.7 Å². The summed E-state index contributed by atoms with van der Waals surface area (Å²) in [5, 5.41) is 20.8. The highest BCUT2D eigenvalue weighted by Crippen LogP contribution is 2.54. The number of hydrogen-bond acceptors (Lipinski definition) is 8. The Kier molecular flexibility index (Phi) is 14.5. The second-order valence-electron chi connectivity index (χ2n) is 20.0. The molecule has 0 saturated heterocycles. The average molecular weight is 1100 g/mol. The minimum Gasteiger partial charge on any atom is -0.382 e. The van der Waals surface area contributed by atoms with E-state index in [0.717, 1.165) is 43.4 Å². The number of fused-ring (bicyclic) bond motifs is 2. The van der Waals surface area contributed by atoms with E-state index in [0.29, 0.717) is 69.1 Å². The maximum absolute atomic E-state index is 14.9. The molecule has 3 aliphatic rings. The first-order valence-corrected chi connectivity index (χ1v) is 25.4. The molecule has 410 valence electrons. The van der Waals surface area contributed by atoms with Gasteiger partial charge in [-0.25, -0.2) is 36.6 Å². The summed E-state index contributed by atoms with van der Waals surface area (Å²) >= 11 is 0. The highest BCUT2D eigenvalue weighted by atomic mass is 19.4. The van der Waals surface area contributed by atoms with Crippen LogP contribution >= 0.6 is 0 Å². The SMILES string of the molecule is C=C(c1cc(NCCC(F)(F)F)c2ncc(-c3ccc(C(=O)NC4CC4)c(C)c3)n2n1)c1cccc(F)c1F.Cc1cc(-c2cnc3c(NCCC(F)(F)F)cc(C4(c5cccc(F)c5F)CC4)nn23)ccc1C(=O)NC1CC1. The molecule has 0 aliphatic heterocycles. The number of anilines is 2.